The number of anilines is 1. The van der Waals surface area contributed by atoms with Gasteiger partial charge in [-0.1, -0.05) is 29.3 Å². The quantitative estimate of drug-likeness (QED) is 0.655. The van der Waals surface area contributed by atoms with Crippen molar-refractivity contribution in [2.75, 3.05) is 5.32 Å². The molecule has 0 saturated carbocycles. The second kappa shape index (κ2) is 7.14. The van der Waals surface area contributed by atoms with Crippen LogP contribution in [0.25, 0.3) is 0 Å². The zero-order valence-corrected chi connectivity index (χ0v) is 12.5. The minimum atomic E-state index is -1.44. The molecule has 0 heterocycles. The number of rotatable bonds is 5. The molecule has 21 heavy (non-hydrogen) atoms. The highest BCUT2D eigenvalue weighted by molar-refractivity contribution is 6.40. The number of hydrogen-bond acceptors (Lipinski definition) is 3. The molecule has 3 amide bonds. The SMILES string of the molecule is Cc1ccc(Cl)c(NC(=O)N[C@@H](CC(N)=O)C(=O)O)c1Cl. The number of hydrogen-bond donors (Lipinski definition) is 4. The van der Waals surface area contributed by atoms with Crippen molar-refractivity contribution in [2.24, 2.45) is 5.73 Å². The summed E-state index contributed by atoms with van der Waals surface area (Å²) in [5, 5.41) is 13.8. The van der Waals surface area contributed by atoms with E-state index in [4.69, 9.17) is 34.0 Å². The van der Waals surface area contributed by atoms with E-state index in [1.807, 2.05) is 0 Å². The minimum absolute atomic E-state index is 0.152. The van der Waals surface area contributed by atoms with Crippen LogP contribution in [0.15, 0.2) is 12.1 Å². The van der Waals surface area contributed by atoms with Gasteiger partial charge in [-0.15, -0.1) is 0 Å². The third-order valence-electron chi connectivity index (χ3n) is 2.53. The standard InChI is InChI=1S/C12H13Cl2N3O4/c1-5-2-3-6(13)10(9(5)14)17-12(21)16-7(11(19)20)4-8(15)18/h2-3,7H,4H2,1H3,(H2,15,18)(H,19,20)(H2,16,17,21)/t7-/m0/s1. The van der Waals surface area contributed by atoms with Gasteiger partial charge in [-0.2, -0.15) is 0 Å². The molecular formula is C12H13Cl2N3O4. The predicted octanol–water partition coefficient (Wildman–Crippen LogP) is 1.75. The van der Waals surface area contributed by atoms with E-state index in [1.165, 1.54) is 6.07 Å². The Bertz CT molecular complexity index is 592. The highest BCUT2D eigenvalue weighted by Gasteiger charge is 2.23. The molecule has 5 N–H and O–H groups in total. The lowest BCUT2D eigenvalue weighted by atomic mass is 10.2. The first kappa shape index (κ1) is 17.1. The van der Waals surface area contributed by atoms with Crippen LogP contribution in [0.4, 0.5) is 10.5 Å². The lowest BCUT2D eigenvalue weighted by molar-refractivity contribution is -0.140. The maximum Gasteiger partial charge on any atom is 0.326 e. The van der Waals surface area contributed by atoms with Crippen molar-refractivity contribution >= 4 is 46.8 Å². The normalized spacial score (nSPS) is 11.6. The average molecular weight is 334 g/mol. The molecule has 0 aliphatic rings. The van der Waals surface area contributed by atoms with Gasteiger partial charge in [0.1, 0.15) is 6.04 Å². The van der Waals surface area contributed by atoms with E-state index in [-0.39, 0.29) is 15.7 Å². The van der Waals surface area contributed by atoms with Crippen LogP contribution in [0, 0.1) is 6.92 Å². The molecule has 0 aliphatic heterocycles. The second-order valence-electron chi connectivity index (χ2n) is 4.21. The fourth-order valence-electron chi connectivity index (χ4n) is 1.48. The molecule has 1 atom stereocenters. The van der Waals surface area contributed by atoms with Crippen molar-refractivity contribution in [1.82, 2.24) is 5.32 Å². The third kappa shape index (κ3) is 4.80. The van der Waals surface area contributed by atoms with E-state index < -0.39 is 30.4 Å². The van der Waals surface area contributed by atoms with Crippen LogP contribution in [0.1, 0.15) is 12.0 Å². The topological polar surface area (TPSA) is 122 Å². The maximum atomic E-state index is 11.8. The number of primary amides is 1. The Hall–Kier alpha value is -1.99. The molecule has 0 unspecified atom stereocenters. The zero-order valence-electron chi connectivity index (χ0n) is 10.9. The summed E-state index contributed by atoms with van der Waals surface area (Å²) in [5.41, 5.74) is 5.75. The summed E-state index contributed by atoms with van der Waals surface area (Å²) in [7, 11) is 0. The van der Waals surface area contributed by atoms with Crippen molar-refractivity contribution in [3.8, 4) is 0 Å². The van der Waals surface area contributed by atoms with Crippen molar-refractivity contribution in [1.29, 1.82) is 0 Å². The number of halogens is 2. The first-order chi connectivity index (χ1) is 9.72. The molecule has 0 aromatic heterocycles. The Morgan fingerprint density at radius 2 is 1.95 bits per heavy atom. The zero-order chi connectivity index (χ0) is 16.2. The Morgan fingerprint density at radius 1 is 1.33 bits per heavy atom. The molecule has 0 radical (unpaired) electrons. The van der Waals surface area contributed by atoms with E-state index in [2.05, 4.69) is 10.6 Å². The number of nitrogens with two attached hydrogens (primary N) is 1. The van der Waals surface area contributed by atoms with Gasteiger partial charge in [0, 0.05) is 0 Å². The fourth-order valence-corrected chi connectivity index (χ4v) is 1.95. The highest BCUT2D eigenvalue weighted by Crippen LogP contribution is 2.32. The van der Waals surface area contributed by atoms with Gasteiger partial charge in [0.15, 0.2) is 0 Å². The fraction of sp³-hybridized carbons (Fsp3) is 0.250. The molecule has 9 heteroatoms. The Balaban J connectivity index is 2.84. The van der Waals surface area contributed by atoms with Gasteiger partial charge in [-0.3, -0.25) is 4.79 Å². The summed E-state index contributed by atoms with van der Waals surface area (Å²) in [5.74, 6) is -2.24. The van der Waals surface area contributed by atoms with Crippen molar-refractivity contribution < 1.29 is 19.5 Å². The summed E-state index contributed by atoms with van der Waals surface area (Å²) in [4.78, 5) is 33.4. The van der Waals surface area contributed by atoms with Crippen LogP contribution in [-0.4, -0.2) is 29.1 Å². The van der Waals surface area contributed by atoms with Crippen LogP contribution in [0.2, 0.25) is 10.0 Å². The first-order valence-corrected chi connectivity index (χ1v) is 6.51. The number of carboxylic acid groups (broad SMARTS) is 1. The molecule has 1 rings (SSSR count). The highest BCUT2D eigenvalue weighted by atomic mass is 35.5. The lowest BCUT2D eigenvalue weighted by Gasteiger charge is -2.15. The number of benzene rings is 1. The van der Waals surface area contributed by atoms with Crippen LogP contribution in [0.3, 0.4) is 0 Å². The summed E-state index contributed by atoms with van der Waals surface area (Å²) in [6.07, 6.45) is -0.530. The number of carbonyl (C=O) groups is 3. The van der Waals surface area contributed by atoms with Crippen molar-refractivity contribution in [3.05, 3.63) is 27.7 Å². The van der Waals surface area contributed by atoms with E-state index in [0.717, 1.165) is 0 Å². The maximum absolute atomic E-state index is 11.8. The van der Waals surface area contributed by atoms with Gasteiger partial charge in [0.2, 0.25) is 5.91 Å². The number of amides is 3. The predicted molar refractivity (Wildman–Crippen MR) is 78.6 cm³/mol. The van der Waals surface area contributed by atoms with E-state index in [1.54, 1.807) is 13.0 Å². The number of nitrogens with one attached hydrogen (secondary N) is 2. The summed E-state index contributed by atoms with van der Waals surface area (Å²) in [6.45, 7) is 1.72. The number of aliphatic carboxylic acids is 1. The molecule has 114 valence electrons. The third-order valence-corrected chi connectivity index (χ3v) is 3.33. The molecule has 0 saturated heterocycles. The summed E-state index contributed by atoms with van der Waals surface area (Å²) < 4.78 is 0. The van der Waals surface area contributed by atoms with Gasteiger partial charge >= 0.3 is 12.0 Å². The Labute approximate surface area is 130 Å². The van der Waals surface area contributed by atoms with Crippen LogP contribution in [0.5, 0.6) is 0 Å². The molecule has 1 aromatic carbocycles. The van der Waals surface area contributed by atoms with E-state index in [9.17, 15) is 14.4 Å². The Kier molecular flexibility index (Phi) is 5.80. The molecule has 0 fully saturated rings. The van der Waals surface area contributed by atoms with Crippen molar-refractivity contribution in [3.63, 3.8) is 0 Å². The van der Waals surface area contributed by atoms with E-state index in [0.29, 0.717) is 5.56 Å². The van der Waals surface area contributed by atoms with Gasteiger partial charge in [0.25, 0.3) is 0 Å². The van der Waals surface area contributed by atoms with Gasteiger partial charge in [-0.05, 0) is 18.6 Å². The van der Waals surface area contributed by atoms with Crippen LogP contribution >= 0.6 is 23.2 Å². The molecule has 7 nitrogen and oxygen atoms in total. The smallest absolute Gasteiger partial charge is 0.326 e. The average Bonchev–Trinajstić information content (AvgIpc) is 2.38. The van der Waals surface area contributed by atoms with Crippen molar-refractivity contribution in [2.45, 2.75) is 19.4 Å². The molecule has 0 aliphatic carbocycles. The molecule has 1 aromatic rings. The van der Waals surface area contributed by atoms with Crippen LogP contribution in [-0.2, 0) is 9.59 Å². The number of carboxylic acids is 1. The summed E-state index contributed by atoms with van der Waals surface area (Å²) >= 11 is 11.9. The molecular weight excluding hydrogens is 321 g/mol. The molecule has 0 spiro atoms. The van der Waals surface area contributed by atoms with Gasteiger partial charge in [-0.25, -0.2) is 9.59 Å². The lowest BCUT2D eigenvalue weighted by Crippen LogP contribution is -2.45. The number of urea groups is 1. The Morgan fingerprint density at radius 3 is 2.48 bits per heavy atom. The van der Waals surface area contributed by atoms with Gasteiger partial charge in [0.05, 0.1) is 22.2 Å². The minimum Gasteiger partial charge on any atom is -0.480 e. The first-order valence-electron chi connectivity index (χ1n) is 5.75. The van der Waals surface area contributed by atoms with Gasteiger partial charge < -0.3 is 21.5 Å². The van der Waals surface area contributed by atoms with Crippen LogP contribution < -0.4 is 16.4 Å². The van der Waals surface area contributed by atoms with E-state index >= 15 is 0 Å². The largest absolute Gasteiger partial charge is 0.480 e. The second-order valence-corrected chi connectivity index (χ2v) is 5.00. The summed E-state index contributed by atoms with van der Waals surface area (Å²) in [6, 6.07) is 0.903. The number of carbonyl (C=O) groups excluding carboxylic acids is 2. The number of aryl methyl sites for hydroxylation is 1. The monoisotopic (exact) mass is 333 g/mol. The molecule has 0 bridgehead atoms.